The summed E-state index contributed by atoms with van der Waals surface area (Å²) in [7, 11) is 2.82. The van der Waals surface area contributed by atoms with Crippen LogP contribution in [0.2, 0.25) is 0 Å². The first-order chi connectivity index (χ1) is 9.31. The van der Waals surface area contributed by atoms with Gasteiger partial charge in [-0.3, -0.25) is 19.7 Å². The van der Waals surface area contributed by atoms with E-state index in [1.54, 1.807) is 6.07 Å². The Kier molecular flexibility index (Phi) is 4.54. The van der Waals surface area contributed by atoms with Crippen molar-refractivity contribution in [1.82, 2.24) is 4.90 Å². The minimum absolute atomic E-state index is 0.195. The number of Topliss-reactive ketones (excluding diaryl/α,β-unsaturated/α-hetero) is 1. The van der Waals surface area contributed by atoms with Gasteiger partial charge in [0, 0.05) is 20.2 Å². The molecule has 0 aliphatic rings. The molecule has 0 bridgehead atoms. The molecule has 0 saturated heterocycles. The SMILES string of the molecule is Cc1cccc([N+](=O)[O-])c1C(=O)C(C#N)C(=O)N(C)C. The molecule has 7 heteroatoms. The maximum absolute atomic E-state index is 12.3. The summed E-state index contributed by atoms with van der Waals surface area (Å²) in [6.07, 6.45) is 0. The summed E-state index contributed by atoms with van der Waals surface area (Å²) in [5.74, 6) is -3.13. The Bertz CT molecular complexity index is 617. The van der Waals surface area contributed by atoms with Crippen LogP contribution in [0.5, 0.6) is 0 Å². The summed E-state index contributed by atoms with van der Waals surface area (Å²) in [6.45, 7) is 1.52. The van der Waals surface area contributed by atoms with Crippen molar-refractivity contribution in [1.29, 1.82) is 5.26 Å². The standard InChI is InChI=1S/C13H13N3O4/c1-8-5-4-6-10(16(19)20)11(8)12(17)9(7-14)13(18)15(2)3/h4-6,9H,1-3H3. The maximum atomic E-state index is 12.3. The highest BCUT2D eigenvalue weighted by Gasteiger charge is 2.34. The van der Waals surface area contributed by atoms with Crippen molar-refractivity contribution in [2.75, 3.05) is 14.1 Å². The van der Waals surface area contributed by atoms with Gasteiger partial charge in [-0.15, -0.1) is 0 Å². The van der Waals surface area contributed by atoms with Crippen LogP contribution in [0.1, 0.15) is 15.9 Å². The highest BCUT2D eigenvalue weighted by molar-refractivity contribution is 6.14. The van der Waals surface area contributed by atoms with E-state index in [2.05, 4.69) is 0 Å². The Morgan fingerprint density at radius 3 is 2.45 bits per heavy atom. The third-order valence-corrected chi connectivity index (χ3v) is 2.77. The molecule has 0 N–H and O–H groups in total. The lowest BCUT2D eigenvalue weighted by Gasteiger charge is -2.14. The van der Waals surface area contributed by atoms with Crippen LogP contribution in [0.4, 0.5) is 5.69 Å². The van der Waals surface area contributed by atoms with Crippen molar-refractivity contribution in [2.24, 2.45) is 5.92 Å². The number of hydrogen-bond donors (Lipinski definition) is 0. The monoisotopic (exact) mass is 275 g/mol. The van der Waals surface area contributed by atoms with Crippen molar-refractivity contribution in [2.45, 2.75) is 6.92 Å². The van der Waals surface area contributed by atoms with Crippen LogP contribution in [0.25, 0.3) is 0 Å². The number of aryl methyl sites for hydroxylation is 1. The number of rotatable bonds is 4. The average Bonchev–Trinajstić information content (AvgIpc) is 2.38. The largest absolute Gasteiger partial charge is 0.347 e. The van der Waals surface area contributed by atoms with Crippen LogP contribution in [-0.4, -0.2) is 35.6 Å². The molecular formula is C13H13N3O4. The number of benzene rings is 1. The average molecular weight is 275 g/mol. The van der Waals surface area contributed by atoms with E-state index < -0.39 is 28.2 Å². The lowest BCUT2D eigenvalue weighted by Crippen LogP contribution is -2.34. The first-order valence-corrected chi connectivity index (χ1v) is 5.70. The zero-order chi connectivity index (χ0) is 15.4. The summed E-state index contributed by atoms with van der Waals surface area (Å²) in [4.78, 5) is 35.5. The van der Waals surface area contributed by atoms with Gasteiger partial charge in [-0.2, -0.15) is 5.26 Å². The number of nitro groups is 1. The van der Waals surface area contributed by atoms with Crippen molar-refractivity contribution < 1.29 is 14.5 Å². The predicted octanol–water partition coefficient (Wildman–Crippen LogP) is 1.31. The normalized spacial score (nSPS) is 11.3. The first kappa shape index (κ1) is 15.3. The molecule has 1 rings (SSSR count). The third kappa shape index (κ3) is 2.80. The summed E-state index contributed by atoms with van der Waals surface area (Å²) in [5.41, 5.74) is -0.239. The van der Waals surface area contributed by atoms with Crippen molar-refractivity contribution >= 4 is 17.4 Å². The molecule has 7 nitrogen and oxygen atoms in total. The topological polar surface area (TPSA) is 104 Å². The van der Waals surface area contributed by atoms with E-state index in [-0.39, 0.29) is 5.56 Å². The molecule has 0 fully saturated rings. The quantitative estimate of drug-likeness (QED) is 0.356. The number of amides is 1. The van der Waals surface area contributed by atoms with E-state index in [9.17, 15) is 19.7 Å². The summed E-state index contributed by atoms with van der Waals surface area (Å²) < 4.78 is 0. The summed E-state index contributed by atoms with van der Waals surface area (Å²) in [6, 6.07) is 5.75. The molecule has 1 aromatic carbocycles. The minimum atomic E-state index is -1.58. The fourth-order valence-corrected chi connectivity index (χ4v) is 1.75. The van der Waals surface area contributed by atoms with Gasteiger partial charge >= 0.3 is 0 Å². The zero-order valence-electron chi connectivity index (χ0n) is 11.3. The Hall–Kier alpha value is -2.75. The molecule has 0 aliphatic heterocycles. The lowest BCUT2D eigenvalue weighted by molar-refractivity contribution is -0.385. The van der Waals surface area contributed by atoms with Gasteiger partial charge in [-0.05, 0) is 12.5 Å². The fourth-order valence-electron chi connectivity index (χ4n) is 1.75. The van der Waals surface area contributed by atoms with E-state index in [0.29, 0.717) is 5.56 Å². The molecule has 0 spiro atoms. The molecule has 1 aromatic rings. The molecular weight excluding hydrogens is 262 g/mol. The van der Waals surface area contributed by atoms with Gasteiger partial charge in [0.1, 0.15) is 5.56 Å². The summed E-state index contributed by atoms with van der Waals surface area (Å²) >= 11 is 0. The number of hydrogen-bond acceptors (Lipinski definition) is 5. The molecule has 0 aromatic heterocycles. The molecule has 0 radical (unpaired) electrons. The molecule has 20 heavy (non-hydrogen) atoms. The van der Waals surface area contributed by atoms with E-state index in [1.807, 2.05) is 0 Å². The molecule has 1 atom stereocenters. The molecule has 0 saturated carbocycles. The minimum Gasteiger partial charge on any atom is -0.347 e. The number of nitro benzene ring substituents is 1. The first-order valence-electron chi connectivity index (χ1n) is 5.70. The Balaban J connectivity index is 3.38. The van der Waals surface area contributed by atoms with E-state index in [0.717, 1.165) is 4.90 Å². The molecule has 104 valence electrons. The molecule has 1 unspecified atom stereocenters. The van der Waals surface area contributed by atoms with Crippen LogP contribution >= 0.6 is 0 Å². The van der Waals surface area contributed by atoms with Crippen LogP contribution in [0, 0.1) is 34.3 Å². The Morgan fingerprint density at radius 2 is 2.00 bits per heavy atom. The zero-order valence-corrected chi connectivity index (χ0v) is 11.3. The number of carbonyl (C=O) groups excluding carboxylic acids is 2. The number of nitriles is 1. The summed E-state index contributed by atoms with van der Waals surface area (Å²) in [5, 5.41) is 20.0. The third-order valence-electron chi connectivity index (χ3n) is 2.77. The predicted molar refractivity (Wildman–Crippen MR) is 70.0 cm³/mol. The van der Waals surface area contributed by atoms with Crippen molar-refractivity contribution in [3.8, 4) is 6.07 Å². The van der Waals surface area contributed by atoms with Crippen LogP contribution in [0.15, 0.2) is 18.2 Å². The van der Waals surface area contributed by atoms with Crippen molar-refractivity contribution in [3.05, 3.63) is 39.4 Å². The second kappa shape index (κ2) is 5.93. The van der Waals surface area contributed by atoms with E-state index in [4.69, 9.17) is 5.26 Å². The number of carbonyl (C=O) groups is 2. The maximum Gasteiger partial charge on any atom is 0.280 e. The fraction of sp³-hybridized carbons (Fsp3) is 0.308. The molecule has 1 amide bonds. The second-order valence-electron chi connectivity index (χ2n) is 4.39. The van der Waals surface area contributed by atoms with Gasteiger partial charge in [-0.25, -0.2) is 0 Å². The van der Waals surface area contributed by atoms with E-state index >= 15 is 0 Å². The highest BCUT2D eigenvalue weighted by Crippen LogP contribution is 2.25. The van der Waals surface area contributed by atoms with Crippen molar-refractivity contribution in [3.63, 3.8) is 0 Å². The van der Waals surface area contributed by atoms with Gasteiger partial charge in [-0.1, -0.05) is 12.1 Å². The number of nitrogens with zero attached hydrogens (tertiary/aromatic N) is 3. The van der Waals surface area contributed by atoms with Gasteiger partial charge in [0.2, 0.25) is 5.91 Å². The van der Waals surface area contributed by atoms with Crippen LogP contribution in [0.3, 0.4) is 0 Å². The van der Waals surface area contributed by atoms with Crippen LogP contribution < -0.4 is 0 Å². The second-order valence-corrected chi connectivity index (χ2v) is 4.39. The highest BCUT2D eigenvalue weighted by atomic mass is 16.6. The van der Waals surface area contributed by atoms with Gasteiger partial charge in [0.25, 0.3) is 5.69 Å². The number of ketones is 1. The molecule has 0 heterocycles. The molecule has 0 aliphatic carbocycles. The van der Waals surface area contributed by atoms with Crippen LogP contribution in [-0.2, 0) is 4.79 Å². The Morgan fingerprint density at radius 1 is 1.40 bits per heavy atom. The van der Waals surface area contributed by atoms with Gasteiger partial charge in [0.15, 0.2) is 11.7 Å². The smallest absolute Gasteiger partial charge is 0.280 e. The Labute approximate surface area is 115 Å². The lowest BCUT2D eigenvalue weighted by atomic mass is 9.93. The van der Waals surface area contributed by atoms with Gasteiger partial charge in [0.05, 0.1) is 11.0 Å². The van der Waals surface area contributed by atoms with E-state index in [1.165, 1.54) is 39.2 Å². The van der Waals surface area contributed by atoms with Gasteiger partial charge < -0.3 is 4.90 Å².